The topological polar surface area (TPSA) is 82.1 Å². The molecule has 0 spiro atoms. The number of Topliss-reactive ketones (excluding diaryl/α,β-unsaturated/α-hetero) is 1. The number of aliphatic hydroxyl groups is 1. The second-order valence-electron chi connectivity index (χ2n) is 13.6. The number of allylic oxidation sites excluding steroid dienone is 1. The maximum absolute atomic E-state index is 14.0. The molecule has 0 radical (unpaired) electrons. The molecule has 1 aromatic carbocycles. The standard InChI is InChI=1S/C32H46O6Si/c1-20-23-18-24(33)22-16-13-17-25(36-7)27(22)28(37-29(34)21-14-11-10-12-15-21)32(35,31(23,5)6)19-26(20)38-39(8,9)30(2,3)4/h10-12,14-15,17,22,26-28,35H,13,16,18-19H2,1-9H3/t22-,26-,27+,28-,32+/m0/s1. The van der Waals surface area contributed by atoms with E-state index in [1.807, 2.05) is 32.9 Å². The average Bonchev–Trinajstić information content (AvgIpc) is 2.87. The van der Waals surface area contributed by atoms with Gasteiger partial charge in [-0.1, -0.05) is 58.4 Å². The average molecular weight is 555 g/mol. The van der Waals surface area contributed by atoms with Gasteiger partial charge < -0.3 is 19.0 Å². The van der Waals surface area contributed by atoms with Gasteiger partial charge >= 0.3 is 5.97 Å². The SMILES string of the molecule is COC1=CCC[C@H]2C(=O)CC3=C(C)[C@@H](O[Si](C)(C)C(C)(C)C)C[C@@](O)([C@@H](OC(=O)c4ccccc4)[C@@H]12)C3(C)C. The lowest BCUT2D eigenvalue weighted by atomic mass is 9.53. The first-order valence-corrected chi connectivity index (χ1v) is 17.1. The number of fused-ring (bicyclic) bond motifs is 3. The molecule has 214 valence electrons. The van der Waals surface area contributed by atoms with E-state index in [2.05, 4.69) is 33.9 Å². The van der Waals surface area contributed by atoms with Crippen molar-refractivity contribution in [1.82, 2.24) is 0 Å². The first-order chi connectivity index (χ1) is 18.0. The van der Waals surface area contributed by atoms with E-state index in [0.29, 0.717) is 24.2 Å². The molecule has 4 rings (SSSR count). The summed E-state index contributed by atoms with van der Waals surface area (Å²) in [5.74, 6) is -0.817. The van der Waals surface area contributed by atoms with Crippen LogP contribution in [0.2, 0.25) is 18.1 Å². The number of benzene rings is 1. The summed E-state index contributed by atoms with van der Waals surface area (Å²) >= 11 is 0. The highest BCUT2D eigenvalue weighted by atomic mass is 28.4. The summed E-state index contributed by atoms with van der Waals surface area (Å²) in [7, 11) is -0.657. The van der Waals surface area contributed by atoms with Crippen LogP contribution in [0.5, 0.6) is 0 Å². The Bertz CT molecular complexity index is 1170. The quantitative estimate of drug-likeness (QED) is 0.251. The molecule has 0 amide bonds. The van der Waals surface area contributed by atoms with E-state index in [-0.39, 0.29) is 29.8 Å². The van der Waals surface area contributed by atoms with E-state index in [0.717, 1.165) is 11.1 Å². The first kappa shape index (κ1) is 29.8. The van der Waals surface area contributed by atoms with Gasteiger partial charge in [-0.25, -0.2) is 4.79 Å². The van der Waals surface area contributed by atoms with Crippen molar-refractivity contribution in [3.8, 4) is 0 Å². The highest BCUT2D eigenvalue weighted by molar-refractivity contribution is 6.74. The maximum Gasteiger partial charge on any atom is 0.338 e. The maximum atomic E-state index is 14.0. The number of ether oxygens (including phenoxy) is 2. The van der Waals surface area contributed by atoms with Crippen molar-refractivity contribution in [3.63, 3.8) is 0 Å². The van der Waals surface area contributed by atoms with Crippen molar-refractivity contribution in [2.45, 2.75) is 103 Å². The predicted octanol–water partition coefficient (Wildman–Crippen LogP) is 6.61. The van der Waals surface area contributed by atoms with Crippen LogP contribution in [-0.4, -0.2) is 50.1 Å². The number of methoxy groups -OCH3 is 1. The van der Waals surface area contributed by atoms with E-state index >= 15 is 0 Å². The molecule has 0 saturated heterocycles. The molecule has 0 unspecified atom stereocenters. The monoisotopic (exact) mass is 554 g/mol. The lowest BCUT2D eigenvalue weighted by Gasteiger charge is -2.58. The highest BCUT2D eigenvalue weighted by Crippen LogP contribution is 2.57. The molecule has 1 aromatic rings. The van der Waals surface area contributed by atoms with Gasteiger partial charge in [0.15, 0.2) is 8.32 Å². The van der Waals surface area contributed by atoms with Crippen molar-refractivity contribution < 1.29 is 28.6 Å². The zero-order valence-corrected chi connectivity index (χ0v) is 26.1. The third-order valence-electron chi connectivity index (χ3n) is 10.2. The Morgan fingerprint density at radius 2 is 1.77 bits per heavy atom. The molecule has 0 aromatic heterocycles. The summed E-state index contributed by atoms with van der Waals surface area (Å²) < 4.78 is 19.1. The number of carbonyl (C=O) groups excluding carboxylic acids is 2. The number of hydrogen-bond donors (Lipinski definition) is 1. The molecule has 7 heteroatoms. The largest absolute Gasteiger partial charge is 0.501 e. The lowest BCUT2D eigenvalue weighted by Crippen LogP contribution is -2.66. The Morgan fingerprint density at radius 3 is 2.36 bits per heavy atom. The molecule has 3 aliphatic carbocycles. The molecule has 5 atom stereocenters. The minimum absolute atomic E-state index is 0.0367. The van der Waals surface area contributed by atoms with E-state index in [4.69, 9.17) is 13.9 Å². The van der Waals surface area contributed by atoms with Crippen LogP contribution >= 0.6 is 0 Å². The molecule has 0 heterocycles. The fourth-order valence-electron chi connectivity index (χ4n) is 6.52. The van der Waals surface area contributed by atoms with E-state index in [9.17, 15) is 14.7 Å². The van der Waals surface area contributed by atoms with Crippen LogP contribution in [0, 0.1) is 17.3 Å². The van der Waals surface area contributed by atoms with Gasteiger partial charge in [-0.2, -0.15) is 0 Å². The second kappa shape index (κ2) is 10.3. The molecular formula is C32H46O6Si. The third-order valence-corrected chi connectivity index (χ3v) is 14.6. The van der Waals surface area contributed by atoms with Gasteiger partial charge in [0, 0.05) is 24.2 Å². The number of hydrogen-bond acceptors (Lipinski definition) is 6. The predicted molar refractivity (Wildman–Crippen MR) is 155 cm³/mol. The van der Waals surface area contributed by atoms with Crippen molar-refractivity contribution in [1.29, 1.82) is 0 Å². The Morgan fingerprint density at radius 1 is 1.13 bits per heavy atom. The number of esters is 1. The van der Waals surface area contributed by atoms with Crippen molar-refractivity contribution in [2.24, 2.45) is 17.3 Å². The van der Waals surface area contributed by atoms with Crippen LogP contribution in [0.3, 0.4) is 0 Å². The molecule has 1 N–H and O–H groups in total. The molecule has 0 aliphatic heterocycles. The molecule has 1 fully saturated rings. The van der Waals surface area contributed by atoms with Gasteiger partial charge in [0.2, 0.25) is 0 Å². The Hall–Kier alpha value is -2.22. The summed E-state index contributed by atoms with van der Waals surface area (Å²) in [6.07, 6.45) is 2.42. The van der Waals surface area contributed by atoms with E-state index < -0.39 is 43.2 Å². The zero-order valence-electron chi connectivity index (χ0n) is 25.1. The lowest BCUT2D eigenvalue weighted by molar-refractivity contribution is -0.189. The van der Waals surface area contributed by atoms with E-state index in [1.165, 1.54) is 0 Å². The van der Waals surface area contributed by atoms with Gasteiger partial charge in [0.1, 0.15) is 17.5 Å². The molecule has 2 bridgehead atoms. The van der Waals surface area contributed by atoms with Crippen LogP contribution in [0.25, 0.3) is 0 Å². The second-order valence-corrected chi connectivity index (χ2v) is 18.4. The Kier molecular flexibility index (Phi) is 7.87. The van der Waals surface area contributed by atoms with Gasteiger partial charge in [0.05, 0.1) is 30.5 Å². The molecular weight excluding hydrogens is 508 g/mol. The van der Waals surface area contributed by atoms with Gasteiger partial charge in [0.25, 0.3) is 0 Å². The third kappa shape index (κ3) is 5.06. The summed E-state index contributed by atoms with van der Waals surface area (Å²) in [6.45, 7) is 17.0. The van der Waals surface area contributed by atoms with Crippen LogP contribution in [0.4, 0.5) is 0 Å². The summed E-state index contributed by atoms with van der Waals surface area (Å²) in [4.78, 5) is 27.5. The minimum Gasteiger partial charge on any atom is -0.501 e. The smallest absolute Gasteiger partial charge is 0.338 e. The fraction of sp³-hybridized carbons (Fsp3) is 0.625. The number of rotatable bonds is 5. The molecule has 1 saturated carbocycles. The van der Waals surface area contributed by atoms with Crippen LogP contribution in [0.15, 0.2) is 53.3 Å². The van der Waals surface area contributed by atoms with Gasteiger partial charge in [-0.3, -0.25) is 4.79 Å². The van der Waals surface area contributed by atoms with E-state index in [1.54, 1.807) is 31.4 Å². The number of carbonyl (C=O) groups is 2. The number of ketones is 1. The summed E-state index contributed by atoms with van der Waals surface area (Å²) in [5.41, 5.74) is -0.0224. The van der Waals surface area contributed by atoms with Crippen LogP contribution in [-0.2, 0) is 18.7 Å². The molecule has 3 aliphatic rings. The van der Waals surface area contributed by atoms with Crippen LogP contribution in [0.1, 0.15) is 77.6 Å². The minimum atomic E-state index is -2.24. The Labute approximate surface area is 234 Å². The van der Waals surface area contributed by atoms with Gasteiger partial charge in [-0.15, -0.1) is 0 Å². The first-order valence-electron chi connectivity index (χ1n) is 14.2. The summed E-state index contributed by atoms with van der Waals surface area (Å²) in [6, 6.07) is 8.82. The van der Waals surface area contributed by atoms with Crippen molar-refractivity contribution in [2.75, 3.05) is 7.11 Å². The summed E-state index contributed by atoms with van der Waals surface area (Å²) in [5, 5.41) is 12.9. The van der Waals surface area contributed by atoms with Gasteiger partial charge in [-0.05, 0) is 61.7 Å². The molecule has 39 heavy (non-hydrogen) atoms. The van der Waals surface area contributed by atoms with Crippen molar-refractivity contribution in [3.05, 3.63) is 58.9 Å². The zero-order chi connectivity index (χ0) is 29.0. The highest BCUT2D eigenvalue weighted by Gasteiger charge is 2.63. The molecule has 6 nitrogen and oxygen atoms in total. The Balaban J connectivity index is 1.91. The normalized spacial score (nSPS) is 31.0. The van der Waals surface area contributed by atoms with Crippen LogP contribution < -0.4 is 0 Å². The fourth-order valence-corrected chi connectivity index (χ4v) is 7.85. The van der Waals surface area contributed by atoms with Crippen molar-refractivity contribution >= 4 is 20.1 Å².